The van der Waals surface area contributed by atoms with Crippen molar-refractivity contribution in [3.05, 3.63) is 89.0 Å². The number of ketones is 1. The maximum atomic E-state index is 13.5. The average Bonchev–Trinajstić information content (AvgIpc) is 3.18. The molecule has 0 bridgehead atoms. The third-order valence-corrected chi connectivity index (χ3v) is 6.48. The predicted octanol–water partition coefficient (Wildman–Crippen LogP) is 5.87. The van der Waals surface area contributed by atoms with E-state index in [2.05, 4.69) is 0 Å². The first-order valence-corrected chi connectivity index (χ1v) is 12.8. The predicted molar refractivity (Wildman–Crippen MR) is 150 cm³/mol. The quantitative estimate of drug-likeness (QED) is 0.218. The van der Waals surface area contributed by atoms with Crippen LogP contribution < -0.4 is 19.3 Å². The second-order valence-electron chi connectivity index (χ2n) is 9.41. The Balaban J connectivity index is 1.87. The first-order chi connectivity index (χ1) is 18.3. The Kier molecular flexibility index (Phi) is 8.05. The van der Waals surface area contributed by atoms with E-state index in [0.29, 0.717) is 41.5 Å². The summed E-state index contributed by atoms with van der Waals surface area (Å²) in [5.41, 5.74) is 3.48. The molecule has 1 saturated heterocycles. The van der Waals surface area contributed by atoms with Crippen molar-refractivity contribution in [3.8, 4) is 11.5 Å². The molecule has 7 heteroatoms. The normalized spacial score (nSPS) is 16.6. The number of rotatable bonds is 9. The second-order valence-corrected chi connectivity index (χ2v) is 9.41. The van der Waals surface area contributed by atoms with Crippen LogP contribution in [0, 0.1) is 6.92 Å². The molecule has 198 valence electrons. The minimum absolute atomic E-state index is 0.0296. The summed E-state index contributed by atoms with van der Waals surface area (Å²) in [6, 6.07) is 19.1. The van der Waals surface area contributed by atoms with E-state index in [1.54, 1.807) is 24.3 Å². The molecule has 0 radical (unpaired) electrons. The molecular formula is C31H34N2O5. The topological polar surface area (TPSA) is 79.3 Å². The van der Waals surface area contributed by atoms with Crippen LogP contribution in [0.15, 0.2) is 72.3 Å². The van der Waals surface area contributed by atoms with Gasteiger partial charge in [0.05, 0.1) is 24.8 Å². The number of nitrogens with zero attached hydrogens (tertiary/aromatic N) is 2. The molecule has 1 amide bonds. The van der Waals surface area contributed by atoms with Crippen LogP contribution in [-0.2, 0) is 9.59 Å². The van der Waals surface area contributed by atoms with E-state index >= 15 is 0 Å². The van der Waals surface area contributed by atoms with Crippen LogP contribution in [-0.4, -0.2) is 44.1 Å². The molecule has 1 aliphatic rings. The van der Waals surface area contributed by atoms with Gasteiger partial charge in [0.2, 0.25) is 0 Å². The van der Waals surface area contributed by atoms with Gasteiger partial charge in [0, 0.05) is 31.0 Å². The maximum Gasteiger partial charge on any atom is 0.300 e. The molecular weight excluding hydrogens is 480 g/mol. The Morgan fingerprint density at radius 1 is 0.974 bits per heavy atom. The third-order valence-electron chi connectivity index (χ3n) is 6.48. The van der Waals surface area contributed by atoms with Crippen LogP contribution in [0.2, 0.25) is 0 Å². The number of Topliss-reactive ketones (excluding diaryl/α,β-unsaturated/α-hetero) is 1. The molecule has 3 aromatic carbocycles. The third kappa shape index (κ3) is 5.23. The first kappa shape index (κ1) is 26.8. The fourth-order valence-corrected chi connectivity index (χ4v) is 4.59. The molecule has 1 fully saturated rings. The van der Waals surface area contributed by atoms with Crippen molar-refractivity contribution in [2.45, 2.75) is 33.2 Å². The smallest absolute Gasteiger partial charge is 0.300 e. The summed E-state index contributed by atoms with van der Waals surface area (Å²) in [5, 5.41) is 11.5. The van der Waals surface area contributed by atoms with Gasteiger partial charge in [0.25, 0.3) is 11.7 Å². The molecule has 0 spiro atoms. The average molecular weight is 515 g/mol. The van der Waals surface area contributed by atoms with Crippen molar-refractivity contribution in [1.29, 1.82) is 0 Å². The molecule has 1 unspecified atom stereocenters. The van der Waals surface area contributed by atoms with Gasteiger partial charge in [-0.1, -0.05) is 19.1 Å². The Bertz CT molecular complexity index is 1360. The standard InChI is InChI=1S/C31H34N2O5/c1-6-17-38-26-16-11-22(18-20(26)3)29(34)27-28(21-9-8-10-25(19-21)37-7-2)33(31(36)30(27)35)24-14-12-23(13-15-24)32(4)5/h8-16,18-19,28,34H,6-7,17H2,1-5H3/b29-27+. The van der Waals surface area contributed by atoms with Crippen molar-refractivity contribution < 1.29 is 24.2 Å². The van der Waals surface area contributed by atoms with Gasteiger partial charge >= 0.3 is 0 Å². The lowest BCUT2D eigenvalue weighted by atomic mass is 9.94. The summed E-state index contributed by atoms with van der Waals surface area (Å²) in [7, 11) is 3.86. The van der Waals surface area contributed by atoms with E-state index in [1.165, 1.54) is 4.90 Å². The molecule has 1 N–H and O–H groups in total. The molecule has 1 atom stereocenters. The molecule has 1 heterocycles. The number of carbonyl (C=O) groups is 2. The highest BCUT2D eigenvalue weighted by atomic mass is 16.5. The first-order valence-electron chi connectivity index (χ1n) is 12.8. The summed E-state index contributed by atoms with van der Waals surface area (Å²) >= 11 is 0. The molecule has 38 heavy (non-hydrogen) atoms. The highest BCUT2D eigenvalue weighted by Gasteiger charge is 2.47. The Morgan fingerprint density at radius 3 is 2.34 bits per heavy atom. The SMILES string of the molecule is CCCOc1ccc(/C(O)=C2\C(=O)C(=O)N(c3ccc(N(C)C)cc3)C2c2cccc(OCC)c2)cc1C. The van der Waals surface area contributed by atoms with E-state index in [4.69, 9.17) is 9.47 Å². The zero-order chi connectivity index (χ0) is 27.4. The molecule has 0 saturated carbocycles. The largest absolute Gasteiger partial charge is 0.507 e. The number of anilines is 2. The van der Waals surface area contributed by atoms with Crippen LogP contribution in [0.5, 0.6) is 11.5 Å². The van der Waals surface area contributed by atoms with Gasteiger partial charge in [-0.15, -0.1) is 0 Å². The lowest BCUT2D eigenvalue weighted by molar-refractivity contribution is -0.132. The van der Waals surface area contributed by atoms with Gasteiger partial charge in [-0.05, 0) is 86.0 Å². The summed E-state index contributed by atoms with van der Waals surface area (Å²) in [4.78, 5) is 30.4. The number of aliphatic hydroxyl groups is 1. The van der Waals surface area contributed by atoms with E-state index < -0.39 is 17.7 Å². The monoisotopic (exact) mass is 514 g/mol. The van der Waals surface area contributed by atoms with Crippen molar-refractivity contribution in [3.63, 3.8) is 0 Å². The van der Waals surface area contributed by atoms with E-state index in [-0.39, 0.29) is 11.3 Å². The minimum atomic E-state index is -0.836. The molecule has 7 nitrogen and oxygen atoms in total. The zero-order valence-corrected chi connectivity index (χ0v) is 22.5. The van der Waals surface area contributed by atoms with Gasteiger partial charge in [-0.2, -0.15) is 0 Å². The highest BCUT2D eigenvalue weighted by molar-refractivity contribution is 6.51. The van der Waals surface area contributed by atoms with Crippen LogP contribution in [0.3, 0.4) is 0 Å². The number of aliphatic hydroxyl groups excluding tert-OH is 1. The molecule has 0 aliphatic carbocycles. The van der Waals surface area contributed by atoms with Gasteiger partial charge in [-0.3, -0.25) is 14.5 Å². The zero-order valence-electron chi connectivity index (χ0n) is 22.5. The molecule has 4 rings (SSSR count). The highest BCUT2D eigenvalue weighted by Crippen LogP contribution is 2.43. The molecule has 0 aromatic heterocycles. The van der Waals surface area contributed by atoms with Gasteiger partial charge in [-0.25, -0.2) is 0 Å². The second kappa shape index (κ2) is 11.4. The summed E-state index contributed by atoms with van der Waals surface area (Å²) in [6.45, 7) is 6.86. The van der Waals surface area contributed by atoms with Gasteiger partial charge in [0.15, 0.2) is 0 Å². The van der Waals surface area contributed by atoms with E-state index in [0.717, 1.165) is 17.7 Å². The van der Waals surface area contributed by atoms with Crippen molar-refractivity contribution in [2.24, 2.45) is 0 Å². The Labute approximate surface area is 223 Å². The van der Waals surface area contributed by atoms with Crippen molar-refractivity contribution in [1.82, 2.24) is 0 Å². The van der Waals surface area contributed by atoms with Crippen LogP contribution in [0.1, 0.15) is 43.0 Å². The number of hydrogen-bond acceptors (Lipinski definition) is 6. The Hall–Kier alpha value is -4.26. The maximum absolute atomic E-state index is 13.5. The van der Waals surface area contributed by atoms with Crippen molar-refractivity contribution >= 4 is 28.8 Å². The fraction of sp³-hybridized carbons (Fsp3) is 0.290. The number of hydrogen-bond donors (Lipinski definition) is 1. The summed E-state index contributed by atoms with van der Waals surface area (Å²) in [6.07, 6.45) is 0.876. The van der Waals surface area contributed by atoms with Crippen LogP contribution >= 0.6 is 0 Å². The van der Waals surface area contributed by atoms with Crippen LogP contribution in [0.4, 0.5) is 11.4 Å². The van der Waals surface area contributed by atoms with Crippen molar-refractivity contribution in [2.75, 3.05) is 37.1 Å². The lowest BCUT2D eigenvalue weighted by Gasteiger charge is -2.26. The Morgan fingerprint density at radius 2 is 1.71 bits per heavy atom. The number of carbonyl (C=O) groups excluding carboxylic acids is 2. The fourth-order valence-electron chi connectivity index (χ4n) is 4.59. The van der Waals surface area contributed by atoms with Gasteiger partial charge < -0.3 is 19.5 Å². The van der Waals surface area contributed by atoms with Gasteiger partial charge in [0.1, 0.15) is 17.3 Å². The summed E-state index contributed by atoms with van der Waals surface area (Å²) < 4.78 is 11.5. The van der Waals surface area contributed by atoms with E-state index in [9.17, 15) is 14.7 Å². The number of aryl methyl sites for hydroxylation is 1. The lowest BCUT2D eigenvalue weighted by Crippen LogP contribution is -2.29. The number of ether oxygens (including phenoxy) is 2. The minimum Gasteiger partial charge on any atom is -0.507 e. The van der Waals surface area contributed by atoms with Crippen LogP contribution in [0.25, 0.3) is 5.76 Å². The number of amides is 1. The molecule has 1 aliphatic heterocycles. The van der Waals surface area contributed by atoms with E-state index in [1.807, 2.05) is 82.2 Å². The molecule has 3 aromatic rings. The number of benzene rings is 3. The summed E-state index contributed by atoms with van der Waals surface area (Å²) in [5.74, 6) is -0.337.